The molecule has 0 spiro atoms. The quantitative estimate of drug-likeness (QED) is 0.0751. The number of esters is 1. The number of anilines is 2. The number of ether oxygens (including phenoxy) is 2. The third-order valence-electron chi connectivity index (χ3n) is 6.50. The fourth-order valence-corrected chi connectivity index (χ4v) is 5.68. The number of rotatable bonds is 9. The van der Waals surface area contributed by atoms with Crippen molar-refractivity contribution in [2.24, 2.45) is 0 Å². The van der Waals surface area contributed by atoms with E-state index in [2.05, 4.69) is 19.8 Å². The summed E-state index contributed by atoms with van der Waals surface area (Å²) in [6.45, 7) is -0.723. The van der Waals surface area contributed by atoms with Crippen LogP contribution in [0.25, 0.3) is 11.2 Å². The van der Waals surface area contributed by atoms with Crippen molar-refractivity contribution in [2.75, 3.05) is 24.8 Å². The zero-order valence-electron chi connectivity index (χ0n) is 22.1. The van der Waals surface area contributed by atoms with Crippen LogP contribution in [0, 0.1) is 0 Å². The predicted molar refractivity (Wildman–Crippen MR) is 145 cm³/mol. The molecule has 0 saturated carbocycles. The molecule has 1 aromatic carbocycles. The summed E-state index contributed by atoms with van der Waals surface area (Å²) in [4.78, 5) is 50.7. The van der Waals surface area contributed by atoms with E-state index in [1.807, 2.05) is 0 Å². The van der Waals surface area contributed by atoms with Gasteiger partial charge in [0.05, 0.1) is 25.8 Å². The molecular formula is C24H25N6O11PS. The number of hydrogen-bond donors (Lipinski definition) is 6. The van der Waals surface area contributed by atoms with Crippen molar-refractivity contribution < 1.29 is 57.8 Å². The zero-order valence-corrected chi connectivity index (χ0v) is 23.8. The van der Waals surface area contributed by atoms with Gasteiger partial charge >= 0.3 is 19.4 Å². The fraction of sp³-hybridized carbons (Fsp3) is 0.292. The molecule has 0 radical (unpaired) electrons. The van der Waals surface area contributed by atoms with E-state index in [4.69, 9.17) is 25.0 Å². The first-order valence-electron chi connectivity index (χ1n) is 12.4. The van der Waals surface area contributed by atoms with Gasteiger partial charge in [0.15, 0.2) is 11.8 Å². The Kier molecular flexibility index (Phi) is 8.46. The van der Waals surface area contributed by atoms with Crippen molar-refractivity contribution in [3.05, 3.63) is 58.7 Å². The molecule has 0 aliphatic carbocycles. The van der Waals surface area contributed by atoms with Gasteiger partial charge < -0.3 is 45.6 Å². The van der Waals surface area contributed by atoms with Gasteiger partial charge in [0.1, 0.15) is 23.3 Å². The van der Waals surface area contributed by atoms with Gasteiger partial charge in [-0.3, -0.25) is 13.9 Å². The van der Waals surface area contributed by atoms with E-state index in [0.717, 1.165) is 11.3 Å². The Balaban J connectivity index is 1.44. The summed E-state index contributed by atoms with van der Waals surface area (Å²) < 4.78 is 28.6. The molecular weight excluding hydrogens is 611 g/mol. The van der Waals surface area contributed by atoms with E-state index in [-0.39, 0.29) is 34.8 Å². The van der Waals surface area contributed by atoms with Crippen LogP contribution < -0.4 is 20.7 Å². The third kappa shape index (κ3) is 6.36. The third-order valence-corrected chi connectivity index (χ3v) is 7.82. The number of methoxy groups -OCH3 is 1. The molecule has 1 aliphatic heterocycles. The Bertz CT molecular complexity index is 1740. The van der Waals surface area contributed by atoms with Crippen molar-refractivity contribution >= 4 is 53.1 Å². The number of aliphatic hydroxyl groups excluding tert-OH is 2. The van der Waals surface area contributed by atoms with Gasteiger partial charge in [-0.1, -0.05) is 17.1 Å². The van der Waals surface area contributed by atoms with Crippen LogP contribution in [-0.4, -0.2) is 78.4 Å². The molecule has 43 heavy (non-hydrogen) atoms. The molecule has 19 heteroatoms. The molecule has 1 saturated heterocycles. The molecule has 4 heterocycles. The number of nitrogens with one attached hydrogen (secondary N) is 1. The summed E-state index contributed by atoms with van der Waals surface area (Å²) in [7, 11) is -3.66. The van der Waals surface area contributed by atoms with Crippen molar-refractivity contribution in [1.82, 2.24) is 14.5 Å². The second-order valence-corrected chi connectivity index (χ2v) is 11.5. The van der Waals surface area contributed by atoms with E-state index in [0.29, 0.717) is 10.6 Å². The lowest BCUT2D eigenvalue weighted by atomic mass is 10.1. The van der Waals surface area contributed by atoms with Gasteiger partial charge in [-0.2, -0.15) is 0 Å². The van der Waals surface area contributed by atoms with Gasteiger partial charge in [-0.15, -0.1) is 11.3 Å². The smallest absolute Gasteiger partial charge is 0.469 e. The van der Waals surface area contributed by atoms with E-state index in [1.165, 1.54) is 28.6 Å². The summed E-state index contributed by atoms with van der Waals surface area (Å²) >= 11 is 1.15. The molecule has 3 aromatic heterocycles. The number of phosphoric ester groups is 1. The minimum atomic E-state index is -4.89. The molecule has 7 N–H and O–H groups in total. The van der Waals surface area contributed by atoms with E-state index >= 15 is 0 Å². The average molecular weight is 637 g/mol. The molecule has 17 nitrogen and oxygen atoms in total. The van der Waals surface area contributed by atoms with E-state index in [9.17, 15) is 29.5 Å². The minimum Gasteiger partial charge on any atom is -0.856 e. The number of thiophene rings is 1. The summed E-state index contributed by atoms with van der Waals surface area (Å²) in [5, 5.41) is 38.7. The van der Waals surface area contributed by atoms with Crippen molar-refractivity contribution in [3.63, 3.8) is 0 Å². The van der Waals surface area contributed by atoms with E-state index < -0.39 is 56.7 Å². The van der Waals surface area contributed by atoms with Gasteiger partial charge in [0.2, 0.25) is 6.23 Å². The summed E-state index contributed by atoms with van der Waals surface area (Å²) in [6.07, 6.45) is -4.53. The number of carbonyl (C=O) groups is 2. The Hall–Kier alpha value is -4.00. The Morgan fingerprint density at radius 1 is 1.26 bits per heavy atom. The number of amides is 1. The topological polar surface area (TPSA) is 256 Å². The van der Waals surface area contributed by atoms with Gasteiger partial charge in [-0.05, 0) is 29.1 Å². The SMILES string of the molecule is COC(=O)c1ccsc1NC(=O)c1cccc(Cn2c[n+]([C@H]3O[C@@H](COP(=O)(O)O)[C@H](O)[C@@H]3O)c3nc(N)nc([O-])c32)c1. The lowest BCUT2D eigenvalue weighted by molar-refractivity contribution is -0.745. The maximum atomic E-state index is 13.0. The lowest BCUT2D eigenvalue weighted by Gasteiger charge is -2.14. The molecule has 4 aromatic rings. The summed E-state index contributed by atoms with van der Waals surface area (Å²) in [5.74, 6) is -2.21. The summed E-state index contributed by atoms with van der Waals surface area (Å²) in [5.41, 5.74) is 6.64. The van der Waals surface area contributed by atoms with Crippen LogP contribution in [0.2, 0.25) is 0 Å². The molecule has 1 fully saturated rings. The monoisotopic (exact) mass is 636 g/mol. The van der Waals surface area contributed by atoms with Crippen LogP contribution in [0.15, 0.2) is 42.0 Å². The van der Waals surface area contributed by atoms with Gasteiger partial charge in [0.25, 0.3) is 11.9 Å². The number of imidazole rings is 1. The standard InChI is InChI=1S/C24H25N6O11PS/c1-39-23(35)13-5-6-43-21(13)27-19(33)12-4-2-3-11(7-12)8-29-10-30(18-15(29)20(34)28-24(25)26-18)22-17(32)16(31)14(41-22)9-40-42(36,37)38/h2-7,10,14,16-17,22,31-32H,8-9H2,1H3,(H5-,25,26,27,28,33,34,35,36,37,38)/t14-,16-,17-,22-/m0/s1. The maximum Gasteiger partial charge on any atom is 0.469 e. The largest absolute Gasteiger partial charge is 0.856 e. The first-order valence-corrected chi connectivity index (χ1v) is 14.8. The number of phosphoric acid groups is 1. The van der Waals surface area contributed by atoms with Crippen LogP contribution in [0.3, 0.4) is 0 Å². The molecule has 228 valence electrons. The Morgan fingerprint density at radius 2 is 2.02 bits per heavy atom. The lowest BCUT2D eigenvalue weighted by Crippen LogP contribution is -2.46. The van der Waals surface area contributed by atoms with Gasteiger partial charge in [-0.25, -0.2) is 18.9 Å². The summed E-state index contributed by atoms with van der Waals surface area (Å²) in [6, 6.07) is 7.98. The normalized spacial score (nSPS) is 20.4. The van der Waals surface area contributed by atoms with Crippen molar-refractivity contribution in [3.8, 4) is 5.88 Å². The Labute approximate surface area is 246 Å². The Morgan fingerprint density at radius 3 is 2.74 bits per heavy atom. The first-order chi connectivity index (χ1) is 20.4. The molecule has 5 rings (SSSR count). The number of nitrogen functional groups attached to an aromatic ring is 1. The van der Waals surface area contributed by atoms with Crippen molar-refractivity contribution in [1.29, 1.82) is 0 Å². The highest BCUT2D eigenvalue weighted by Crippen LogP contribution is 2.38. The second-order valence-electron chi connectivity index (χ2n) is 9.35. The molecule has 1 amide bonds. The van der Waals surface area contributed by atoms with Crippen LogP contribution in [0.1, 0.15) is 32.5 Å². The van der Waals surface area contributed by atoms with Crippen LogP contribution >= 0.6 is 19.2 Å². The molecule has 1 aliphatic rings. The number of nitrogens with two attached hydrogens (primary N) is 1. The zero-order chi connectivity index (χ0) is 31.1. The number of aliphatic hydroxyl groups is 2. The van der Waals surface area contributed by atoms with Crippen LogP contribution in [0.5, 0.6) is 5.88 Å². The molecule has 4 atom stereocenters. The number of aromatic nitrogens is 4. The number of fused-ring (bicyclic) bond motifs is 1. The van der Waals surface area contributed by atoms with Crippen molar-refractivity contribution in [2.45, 2.75) is 31.1 Å². The number of nitrogens with zero attached hydrogens (tertiary/aromatic N) is 4. The van der Waals surface area contributed by atoms with E-state index in [1.54, 1.807) is 29.6 Å². The number of hydrogen-bond acceptors (Lipinski definition) is 13. The molecule has 0 unspecified atom stereocenters. The number of carbonyl (C=O) groups excluding carboxylic acids is 2. The second kappa shape index (κ2) is 11.9. The average Bonchev–Trinajstić information content (AvgIpc) is 3.63. The van der Waals surface area contributed by atoms with Crippen LogP contribution in [-0.2, 0) is 25.1 Å². The first kappa shape index (κ1) is 30.5. The fourth-order valence-electron chi connectivity index (χ4n) is 4.57. The molecule has 0 bridgehead atoms. The highest BCUT2D eigenvalue weighted by Gasteiger charge is 2.47. The highest BCUT2D eigenvalue weighted by molar-refractivity contribution is 7.46. The van der Waals surface area contributed by atoms with Crippen LogP contribution in [0.4, 0.5) is 10.9 Å². The maximum absolute atomic E-state index is 13.0. The highest BCUT2D eigenvalue weighted by atomic mass is 32.1. The predicted octanol–water partition coefficient (Wildman–Crippen LogP) is -0.748. The minimum absolute atomic E-state index is 0.00959. The number of benzene rings is 1. The van der Waals surface area contributed by atoms with Gasteiger partial charge in [0, 0.05) is 11.4 Å².